The Bertz CT molecular complexity index is 888. The van der Waals surface area contributed by atoms with Crippen molar-refractivity contribution in [3.05, 3.63) is 11.6 Å². The summed E-state index contributed by atoms with van der Waals surface area (Å²) in [5.74, 6) is 0.369. The molecular weight excluding hydrogens is 446 g/mol. The third-order valence-corrected chi connectivity index (χ3v) is 10.6. The fraction of sp³-hybridized carbons (Fsp3) is 0.750. The van der Waals surface area contributed by atoms with E-state index < -0.39 is 17.0 Å². The van der Waals surface area contributed by atoms with E-state index in [0.29, 0.717) is 30.6 Å². The second-order valence-electron chi connectivity index (χ2n) is 10.6. The molecule has 0 amide bonds. The molecule has 4 aliphatic carbocycles. The zero-order chi connectivity index (χ0) is 23.3. The number of fused-ring (bicyclic) bond motifs is 5. The highest BCUT2D eigenvalue weighted by Crippen LogP contribution is 2.67. The number of aliphatic hydroxyl groups is 1. The second-order valence-corrected chi connectivity index (χ2v) is 12.2. The Kier molecular flexibility index (Phi) is 6.36. The first kappa shape index (κ1) is 23.9. The number of carbonyl (C=O) groups is 3. The molecule has 6 atom stereocenters. The van der Waals surface area contributed by atoms with E-state index in [2.05, 4.69) is 19.2 Å². The van der Waals surface area contributed by atoms with Crippen LogP contribution in [-0.4, -0.2) is 50.0 Å². The second kappa shape index (κ2) is 8.51. The number of Topliss-reactive ketones (excluding diaryl/α,β-unsaturated/α-hetero) is 1. The predicted molar refractivity (Wildman–Crippen MR) is 127 cm³/mol. The zero-order valence-electron chi connectivity index (χ0n) is 18.8. The summed E-state index contributed by atoms with van der Waals surface area (Å²) in [5, 5.41) is 23.1. The van der Waals surface area contributed by atoms with Crippen molar-refractivity contribution < 1.29 is 24.6 Å². The third kappa shape index (κ3) is 3.76. The normalized spacial score (nSPS) is 40.5. The minimum Gasteiger partial charge on any atom is -0.480 e. The predicted octanol–water partition coefficient (Wildman–Crippen LogP) is 3.51. The monoisotopic (exact) mass is 479 g/mol. The Labute approximate surface area is 199 Å². The number of hydrogen-bond donors (Lipinski definition) is 3. The zero-order valence-corrected chi connectivity index (χ0v) is 20.4. The van der Waals surface area contributed by atoms with Gasteiger partial charge in [-0.2, -0.15) is 0 Å². The van der Waals surface area contributed by atoms with Gasteiger partial charge in [0.15, 0.2) is 11.6 Å². The molecule has 0 heterocycles. The largest absolute Gasteiger partial charge is 0.480 e. The number of nitrogens with one attached hydrogen (secondary N) is 1. The first-order valence-corrected chi connectivity index (χ1v) is 13.0. The molecule has 3 N–H and O–H groups in total. The number of hydrogen-bond acceptors (Lipinski definition) is 6. The number of rotatable bonds is 5. The maximum Gasteiger partial charge on any atom is 0.322 e. The maximum atomic E-state index is 13.2. The summed E-state index contributed by atoms with van der Waals surface area (Å²) in [6.45, 7) is 4.15. The molecule has 4 aliphatic rings. The van der Waals surface area contributed by atoms with Crippen LogP contribution in [0.1, 0.15) is 65.2 Å². The van der Waals surface area contributed by atoms with E-state index in [-0.39, 0.29) is 33.6 Å². The van der Waals surface area contributed by atoms with Crippen LogP contribution < -0.4 is 5.32 Å². The molecule has 0 aromatic carbocycles. The Morgan fingerprint density at radius 2 is 1.88 bits per heavy atom. The number of thiocarbonyl (C=S) groups is 1. The van der Waals surface area contributed by atoms with Crippen LogP contribution in [0.2, 0.25) is 0 Å². The van der Waals surface area contributed by atoms with Gasteiger partial charge in [0, 0.05) is 11.8 Å². The molecule has 0 unspecified atom stereocenters. The van der Waals surface area contributed by atoms with Gasteiger partial charge in [-0.05, 0) is 74.2 Å². The summed E-state index contributed by atoms with van der Waals surface area (Å²) in [5.41, 5.74) is -0.427. The fourth-order valence-corrected chi connectivity index (χ4v) is 8.41. The average Bonchev–Trinajstić information content (AvgIpc) is 3.03. The van der Waals surface area contributed by atoms with Gasteiger partial charge in [0.1, 0.15) is 16.5 Å². The lowest BCUT2D eigenvalue weighted by atomic mass is 9.46. The molecule has 6 nitrogen and oxygen atoms in total. The highest BCUT2D eigenvalue weighted by molar-refractivity contribution is 8.23. The van der Waals surface area contributed by atoms with Crippen LogP contribution in [0.3, 0.4) is 0 Å². The number of ketones is 2. The summed E-state index contributed by atoms with van der Waals surface area (Å²) in [7, 11) is 0. The molecule has 0 radical (unpaired) electrons. The van der Waals surface area contributed by atoms with Gasteiger partial charge in [0.05, 0.1) is 5.75 Å². The van der Waals surface area contributed by atoms with Crippen LogP contribution in [0.15, 0.2) is 11.6 Å². The lowest BCUT2D eigenvalue weighted by Gasteiger charge is -2.58. The Morgan fingerprint density at radius 1 is 1.16 bits per heavy atom. The molecule has 0 saturated heterocycles. The minimum absolute atomic E-state index is 0.0467. The van der Waals surface area contributed by atoms with Crippen LogP contribution in [0, 0.1) is 28.6 Å². The number of allylic oxidation sites excluding steroid dienone is 1. The van der Waals surface area contributed by atoms with Crippen molar-refractivity contribution in [2.45, 2.75) is 70.8 Å². The number of carbonyl (C=O) groups excluding carboxylic acids is 2. The van der Waals surface area contributed by atoms with E-state index in [1.807, 2.05) is 6.08 Å². The van der Waals surface area contributed by atoms with Crippen molar-refractivity contribution in [2.75, 3.05) is 12.3 Å². The van der Waals surface area contributed by atoms with Gasteiger partial charge in [0.25, 0.3) is 0 Å². The van der Waals surface area contributed by atoms with Crippen molar-refractivity contribution in [3.8, 4) is 0 Å². The lowest BCUT2D eigenvalue weighted by molar-refractivity contribution is -0.159. The molecule has 8 heteroatoms. The Morgan fingerprint density at radius 3 is 2.59 bits per heavy atom. The molecular formula is C24H33NO5S2. The van der Waals surface area contributed by atoms with Crippen molar-refractivity contribution in [1.29, 1.82) is 0 Å². The summed E-state index contributed by atoms with van der Waals surface area (Å²) >= 11 is 6.22. The van der Waals surface area contributed by atoms with E-state index in [1.165, 1.54) is 5.57 Å². The summed E-state index contributed by atoms with van der Waals surface area (Å²) in [4.78, 5) is 35.9. The maximum absolute atomic E-state index is 13.2. The van der Waals surface area contributed by atoms with E-state index in [4.69, 9.17) is 17.3 Å². The lowest BCUT2D eigenvalue weighted by Crippen LogP contribution is -2.58. The molecule has 176 valence electrons. The molecule has 0 spiro atoms. The quantitative estimate of drug-likeness (QED) is 0.515. The smallest absolute Gasteiger partial charge is 0.322 e. The molecule has 0 bridgehead atoms. The molecule has 4 rings (SSSR count). The third-order valence-electron chi connectivity index (χ3n) is 9.29. The van der Waals surface area contributed by atoms with Gasteiger partial charge in [-0.1, -0.05) is 43.4 Å². The molecule has 0 aromatic heterocycles. The summed E-state index contributed by atoms with van der Waals surface area (Å²) in [6.07, 6.45) is 8.53. The highest BCUT2D eigenvalue weighted by atomic mass is 32.2. The van der Waals surface area contributed by atoms with Crippen LogP contribution >= 0.6 is 24.0 Å². The number of thioether (sulfide) groups is 1. The van der Waals surface area contributed by atoms with Crippen molar-refractivity contribution >= 4 is 45.8 Å². The topological polar surface area (TPSA) is 104 Å². The van der Waals surface area contributed by atoms with Crippen LogP contribution in [0.25, 0.3) is 0 Å². The Balaban J connectivity index is 1.48. The number of aliphatic carboxylic acids is 1. The molecule has 0 aliphatic heterocycles. The van der Waals surface area contributed by atoms with Crippen LogP contribution in [0.5, 0.6) is 0 Å². The molecule has 0 aromatic rings. The van der Waals surface area contributed by atoms with Crippen molar-refractivity contribution in [3.63, 3.8) is 0 Å². The van der Waals surface area contributed by atoms with Gasteiger partial charge in [0.2, 0.25) is 0 Å². The molecule has 3 saturated carbocycles. The first-order chi connectivity index (χ1) is 15.0. The SMILES string of the molecule is C[C@]12CCC(=O)C=C1CC[C@@H]1[C@H]2CC[C@@]2(C)[C@H]1CC[C@]2(O)C(=O)CSC(=S)NCC(=O)O. The van der Waals surface area contributed by atoms with Gasteiger partial charge in [-0.25, -0.2) is 0 Å². The van der Waals surface area contributed by atoms with E-state index in [9.17, 15) is 19.5 Å². The van der Waals surface area contributed by atoms with Crippen LogP contribution in [0.4, 0.5) is 0 Å². The molecule has 3 fully saturated rings. The minimum atomic E-state index is -1.36. The van der Waals surface area contributed by atoms with Gasteiger partial charge >= 0.3 is 5.97 Å². The standard InChI is InChI=1S/C24H33NO5S2/c1-22-8-5-15(26)11-14(22)3-4-16-17(22)6-9-23(2)18(16)7-10-24(23,30)19(27)13-32-21(31)25-12-20(28)29/h11,16-18,30H,3-10,12-13H2,1-2H3,(H,25,31)(H,28,29)/t16-,17-,18+,22+,23+,24+/m1/s1. The first-order valence-electron chi connectivity index (χ1n) is 11.6. The highest BCUT2D eigenvalue weighted by Gasteiger charge is 2.66. The Hall–Kier alpha value is -1.25. The molecule has 32 heavy (non-hydrogen) atoms. The number of carboxylic acids is 1. The van der Waals surface area contributed by atoms with E-state index in [0.717, 1.165) is 50.3 Å². The van der Waals surface area contributed by atoms with Gasteiger partial charge < -0.3 is 15.5 Å². The van der Waals surface area contributed by atoms with Crippen molar-refractivity contribution in [2.24, 2.45) is 28.6 Å². The van der Waals surface area contributed by atoms with E-state index >= 15 is 0 Å². The number of carboxylic acid groups (broad SMARTS) is 1. The summed E-state index contributed by atoms with van der Waals surface area (Å²) < 4.78 is 0.263. The average molecular weight is 480 g/mol. The van der Waals surface area contributed by atoms with Gasteiger partial charge in [-0.3, -0.25) is 14.4 Å². The summed E-state index contributed by atoms with van der Waals surface area (Å²) in [6, 6.07) is 0. The van der Waals surface area contributed by atoms with E-state index in [1.54, 1.807) is 0 Å². The van der Waals surface area contributed by atoms with Gasteiger partial charge in [-0.15, -0.1) is 0 Å². The fourth-order valence-electron chi connectivity index (χ4n) is 7.48. The van der Waals surface area contributed by atoms with Crippen molar-refractivity contribution in [1.82, 2.24) is 5.32 Å². The van der Waals surface area contributed by atoms with Crippen LogP contribution in [-0.2, 0) is 14.4 Å².